The fourth-order valence-corrected chi connectivity index (χ4v) is 6.49. The molecule has 2 heterocycles. The lowest BCUT2D eigenvalue weighted by Crippen LogP contribution is -2.60. The van der Waals surface area contributed by atoms with E-state index in [1.54, 1.807) is 36.4 Å². The van der Waals surface area contributed by atoms with Crippen LogP contribution in [0.3, 0.4) is 0 Å². The molecular weight excluding hydrogens is 584 g/mol. The van der Waals surface area contributed by atoms with E-state index in [1.165, 1.54) is 30.3 Å². The van der Waals surface area contributed by atoms with E-state index in [0.29, 0.717) is 38.6 Å². The first-order valence-electron chi connectivity index (χ1n) is 14.3. The second kappa shape index (κ2) is 11.0. The second-order valence-electron chi connectivity index (χ2n) is 11.4. The standard InChI is InChI=1S/C34H30O11/c35-14-26-33(30(40)31(41)34(42)45-26)44-24-13-25-29(22-8-4-15-1-7-19(37)12-23(15)28(22)24)27(17-9-20(38)11-21(39)10-17)32(43-25)16-2-5-18(36)6-3-16/h1-13,26-27,30-42H,14H2/t26-,27-,30-,31-,32+,33-,34-/m1/s1. The van der Waals surface area contributed by atoms with Gasteiger partial charge in [0, 0.05) is 23.1 Å². The Bertz CT molecular complexity index is 1890. The number of benzene rings is 5. The maximum Gasteiger partial charge on any atom is 0.184 e. The summed E-state index contributed by atoms with van der Waals surface area (Å²) in [4.78, 5) is 0. The number of hydrogen-bond donors (Lipinski definition) is 8. The van der Waals surface area contributed by atoms with E-state index in [0.717, 1.165) is 5.39 Å². The third kappa shape index (κ3) is 4.91. The summed E-state index contributed by atoms with van der Waals surface area (Å²) < 4.78 is 18.2. The lowest BCUT2D eigenvalue weighted by atomic mass is 9.82. The molecule has 5 aromatic carbocycles. The van der Waals surface area contributed by atoms with Crippen molar-refractivity contribution in [3.63, 3.8) is 0 Å². The number of aliphatic hydroxyl groups excluding tert-OH is 4. The van der Waals surface area contributed by atoms with Crippen molar-refractivity contribution in [3.8, 4) is 34.5 Å². The SMILES string of the molecule is OC[C@H]1O[C@@H](O)[C@H](O)[C@@H](O)[C@@H]1Oc1cc2c(c3ccc4ccc(O)cc4c13)[C@@H](c1cc(O)cc(O)c1)[C@H](c1ccc(O)cc1)O2. The van der Waals surface area contributed by atoms with Crippen LogP contribution in [0, 0.1) is 0 Å². The number of rotatable bonds is 5. The average Bonchev–Trinajstić information content (AvgIpc) is 3.40. The van der Waals surface area contributed by atoms with E-state index >= 15 is 0 Å². The van der Waals surface area contributed by atoms with Crippen LogP contribution in [0.25, 0.3) is 21.5 Å². The lowest BCUT2D eigenvalue weighted by Gasteiger charge is -2.40. The summed E-state index contributed by atoms with van der Waals surface area (Å²) in [7, 11) is 0. The molecular formula is C34H30O11. The molecule has 0 aliphatic carbocycles. The van der Waals surface area contributed by atoms with Crippen LogP contribution in [-0.4, -0.2) is 78.2 Å². The Balaban J connectivity index is 1.49. The van der Waals surface area contributed by atoms with Gasteiger partial charge in [0.2, 0.25) is 0 Å². The van der Waals surface area contributed by atoms with Gasteiger partial charge in [-0.15, -0.1) is 0 Å². The molecule has 0 unspecified atom stereocenters. The third-order valence-corrected chi connectivity index (χ3v) is 8.54. The van der Waals surface area contributed by atoms with Gasteiger partial charge >= 0.3 is 0 Å². The van der Waals surface area contributed by atoms with Gasteiger partial charge in [-0.1, -0.05) is 30.3 Å². The zero-order valence-corrected chi connectivity index (χ0v) is 23.6. The van der Waals surface area contributed by atoms with Crippen LogP contribution < -0.4 is 9.47 Å². The Morgan fingerprint density at radius 3 is 2.07 bits per heavy atom. The number of aromatic hydroxyl groups is 4. The Kier molecular flexibility index (Phi) is 7.07. The van der Waals surface area contributed by atoms with Gasteiger partial charge in [-0.3, -0.25) is 0 Å². The monoisotopic (exact) mass is 614 g/mol. The van der Waals surface area contributed by atoms with Gasteiger partial charge in [0.25, 0.3) is 0 Å². The van der Waals surface area contributed by atoms with Crippen LogP contribution in [0.2, 0.25) is 0 Å². The van der Waals surface area contributed by atoms with Crippen LogP contribution in [0.1, 0.15) is 28.7 Å². The van der Waals surface area contributed by atoms with E-state index in [-0.39, 0.29) is 28.7 Å². The summed E-state index contributed by atoms with van der Waals surface area (Å²) >= 11 is 0. The summed E-state index contributed by atoms with van der Waals surface area (Å²) in [5.74, 6) is -0.281. The van der Waals surface area contributed by atoms with E-state index in [2.05, 4.69) is 0 Å². The largest absolute Gasteiger partial charge is 0.508 e. The molecule has 11 nitrogen and oxygen atoms in total. The molecule has 2 aliphatic rings. The molecule has 0 bridgehead atoms. The zero-order valence-electron chi connectivity index (χ0n) is 23.6. The molecule has 0 saturated carbocycles. The van der Waals surface area contributed by atoms with Gasteiger partial charge in [-0.2, -0.15) is 0 Å². The third-order valence-electron chi connectivity index (χ3n) is 8.54. The highest BCUT2D eigenvalue weighted by Gasteiger charge is 2.46. The summed E-state index contributed by atoms with van der Waals surface area (Å²) in [6.07, 6.45) is -8.27. The molecule has 0 amide bonds. The smallest absolute Gasteiger partial charge is 0.184 e. The molecule has 0 spiro atoms. The molecule has 11 heteroatoms. The molecule has 8 N–H and O–H groups in total. The minimum atomic E-state index is -1.74. The maximum absolute atomic E-state index is 10.9. The van der Waals surface area contributed by atoms with Crippen molar-refractivity contribution in [1.29, 1.82) is 0 Å². The highest BCUT2D eigenvalue weighted by molar-refractivity contribution is 6.13. The van der Waals surface area contributed by atoms with Crippen molar-refractivity contribution in [2.45, 2.75) is 42.7 Å². The van der Waals surface area contributed by atoms with Crippen LogP contribution >= 0.6 is 0 Å². The summed E-state index contributed by atoms with van der Waals surface area (Å²) in [5, 5.41) is 85.1. The minimum absolute atomic E-state index is 0.0121. The highest BCUT2D eigenvalue weighted by atomic mass is 16.7. The van der Waals surface area contributed by atoms with Gasteiger partial charge in [0.1, 0.15) is 58.9 Å². The fourth-order valence-electron chi connectivity index (χ4n) is 6.49. The first-order chi connectivity index (χ1) is 21.6. The number of fused-ring (bicyclic) bond motifs is 5. The fraction of sp³-hybridized carbons (Fsp3) is 0.235. The van der Waals surface area contributed by atoms with Crippen LogP contribution in [0.4, 0.5) is 0 Å². The molecule has 0 radical (unpaired) electrons. The Labute approximate surface area is 256 Å². The minimum Gasteiger partial charge on any atom is -0.508 e. The molecule has 7 atom stereocenters. The Morgan fingerprint density at radius 2 is 1.36 bits per heavy atom. The van der Waals surface area contributed by atoms with Crippen molar-refractivity contribution in [1.82, 2.24) is 0 Å². The van der Waals surface area contributed by atoms with Crippen LogP contribution in [-0.2, 0) is 4.74 Å². The maximum atomic E-state index is 10.9. The number of aliphatic hydroxyl groups is 4. The molecule has 232 valence electrons. The zero-order chi connectivity index (χ0) is 31.6. The molecule has 5 aromatic rings. The summed E-state index contributed by atoms with van der Waals surface area (Å²) in [6.45, 7) is -0.627. The van der Waals surface area contributed by atoms with Crippen LogP contribution in [0.15, 0.2) is 78.9 Å². The van der Waals surface area contributed by atoms with E-state index in [1.807, 2.05) is 12.1 Å². The average molecular weight is 615 g/mol. The van der Waals surface area contributed by atoms with E-state index in [9.17, 15) is 40.9 Å². The first-order valence-corrected chi connectivity index (χ1v) is 14.3. The summed E-state index contributed by atoms with van der Waals surface area (Å²) in [5.41, 5.74) is 1.92. The molecule has 1 saturated heterocycles. The Morgan fingerprint density at radius 1 is 0.667 bits per heavy atom. The highest BCUT2D eigenvalue weighted by Crippen LogP contribution is 2.56. The second-order valence-corrected chi connectivity index (χ2v) is 11.4. The molecule has 2 aliphatic heterocycles. The number of phenolic OH excluding ortho intramolecular Hbond substituents is 4. The molecule has 1 fully saturated rings. The van der Waals surface area contributed by atoms with Crippen molar-refractivity contribution in [2.75, 3.05) is 6.61 Å². The van der Waals surface area contributed by atoms with E-state index in [4.69, 9.17) is 14.2 Å². The number of hydrogen-bond acceptors (Lipinski definition) is 11. The number of phenols is 4. The normalized spacial score (nSPS) is 26.1. The number of ether oxygens (including phenoxy) is 3. The predicted octanol–water partition coefficient (Wildman–Crippen LogP) is 3.26. The van der Waals surface area contributed by atoms with Gasteiger partial charge in [0.15, 0.2) is 12.4 Å². The Hall–Kier alpha value is -4.78. The van der Waals surface area contributed by atoms with Gasteiger partial charge in [0.05, 0.1) is 12.5 Å². The van der Waals surface area contributed by atoms with Gasteiger partial charge < -0.3 is 55.1 Å². The topological polar surface area (TPSA) is 190 Å². The lowest BCUT2D eigenvalue weighted by molar-refractivity contribution is -0.281. The molecule has 45 heavy (non-hydrogen) atoms. The van der Waals surface area contributed by atoms with Crippen molar-refractivity contribution < 1.29 is 55.1 Å². The predicted molar refractivity (Wildman–Crippen MR) is 161 cm³/mol. The van der Waals surface area contributed by atoms with Crippen molar-refractivity contribution in [3.05, 3.63) is 95.6 Å². The van der Waals surface area contributed by atoms with Gasteiger partial charge in [-0.05, 0) is 63.7 Å². The van der Waals surface area contributed by atoms with Gasteiger partial charge in [-0.25, -0.2) is 0 Å². The first kappa shape index (κ1) is 29.0. The van der Waals surface area contributed by atoms with Crippen molar-refractivity contribution >= 4 is 21.5 Å². The van der Waals surface area contributed by atoms with Crippen molar-refractivity contribution in [2.24, 2.45) is 0 Å². The van der Waals surface area contributed by atoms with E-state index < -0.39 is 49.3 Å². The quantitative estimate of drug-likeness (QED) is 0.136. The molecule has 0 aromatic heterocycles. The molecule has 7 rings (SSSR count). The summed E-state index contributed by atoms with van der Waals surface area (Å²) in [6, 6.07) is 20.9. The van der Waals surface area contributed by atoms with Crippen LogP contribution in [0.5, 0.6) is 34.5 Å².